The Balaban J connectivity index is 1.77. The fourth-order valence-electron chi connectivity index (χ4n) is 2.61. The average molecular weight is 436 g/mol. The number of sulfonamides is 1. The maximum absolute atomic E-state index is 12.7. The van der Waals surface area contributed by atoms with Crippen molar-refractivity contribution in [3.05, 3.63) is 89.4 Å². The molecule has 0 unspecified atom stereocenters. The monoisotopic (exact) mass is 435 g/mol. The molecular formula is C20H18ClNO4S2. The van der Waals surface area contributed by atoms with Crippen LogP contribution in [-0.4, -0.2) is 23.4 Å². The highest BCUT2D eigenvalue weighted by atomic mass is 35.5. The number of benzene rings is 3. The zero-order valence-corrected chi connectivity index (χ0v) is 17.1. The summed E-state index contributed by atoms with van der Waals surface area (Å²) in [6.45, 7) is 0.180. The molecule has 0 aliphatic rings. The van der Waals surface area contributed by atoms with Gasteiger partial charge in [0.25, 0.3) is 0 Å². The predicted octanol–water partition coefficient (Wildman–Crippen LogP) is 3.69. The van der Waals surface area contributed by atoms with Gasteiger partial charge in [0.1, 0.15) is 0 Å². The van der Waals surface area contributed by atoms with Gasteiger partial charge in [-0.1, -0.05) is 48.0 Å². The summed E-state index contributed by atoms with van der Waals surface area (Å²) in [6.07, 6.45) is 0.485. The quantitative estimate of drug-likeness (QED) is 0.613. The first kappa shape index (κ1) is 20.5. The van der Waals surface area contributed by atoms with Gasteiger partial charge in [-0.3, -0.25) is 0 Å². The lowest BCUT2D eigenvalue weighted by atomic mass is 10.2. The minimum atomic E-state index is -3.84. The molecule has 1 N–H and O–H groups in total. The van der Waals surface area contributed by atoms with Crippen molar-refractivity contribution in [2.24, 2.45) is 0 Å². The van der Waals surface area contributed by atoms with Crippen molar-refractivity contribution in [2.45, 2.75) is 21.1 Å². The minimum absolute atomic E-state index is 0.0701. The maximum atomic E-state index is 12.7. The van der Waals surface area contributed by atoms with Crippen LogP contribution in [-0.2, 0) is 26.3 Å². The van der Waals surface area contributed by atoms with Gasteiger partial charge in [0.2, 0.25) is 19.9 Å². The fourth-order valence-corrected chi connectivity index (χ4v) is 5.21. The van der Waals surface area contributed by atoms with Gasteiger partial charge in [-0.2, -0.15) is 0 Å². The molecule has 0 atom stereocenters. The molecule has 3 aromatic carbocycles. The number of nitrogens with one attached hydrogen (secondary N) is 1. The highest BCUT2D eigenvalue weighted by Crippen LogP contribution is 2.23. The van der Waals surface area contributed by atoms with Crippen LogP contribution in [0.15, 0.2) is 93.5 Å². The van der Waals surface area contributed by atoms with Crippen LogP contribution in [0.3, 0.4) is 0 Å². The van der Waals surface area contributed by atoms with Crippen molar-refractivity contribution in [1.29, 1.82) is 0 Å². The van der Waals surface area contributed by atoms with Gasteiger partial charge in [-0.05, 0) is 54.4 Å². The van der Waals surface area contributed by atoms with Crippen molar-refractivity contribution in [3.63, 3.8) is 0 Å². The van der Waals surface area contributed by atoms with E-state index in [0.29, 0.717) is 11.4 Å². The summed E-state index contributed by atoms with van der Waals surface area (Å²) >= 11 is 5.83. The van der Waals surface area contributed by atoms with Crippen LogP contribution in [0.4, 0.5) is 0 Å². The van der Waals surface area contributed by atoms with Crippen LogP contribution >= 0.6 is 11.6 Å². The van der Waals surface area contributed by atoms with E-state index >= 15 is 0 Å². The van der Waals surface area contributed by atoms with Crippen molar-refractivity contribution >= 4 is 31.5 Å². The molecule has 5 nitrogen and oxygen atoms in total. The molecule has 146 valence electrons. The van der Waals surface area contributed by atoms with Crippen LogP contribution in [0, 0.1) is 0 Å². The number of hydrogen-bond donors (Lipinski definition) is 1. The van der Waals surface area contributed by atoms with Crippen LogP contribution in [0.25, 0.3) is 0 Å². The largest absolute Gasteiger partial charge is 0.240 e. The standard InChI is InChI=1S/C20H18ClNO4S2/c21-17-11-9-16(10-12-17)13-14-22-28(25,26)20-8-4-7-19(15-20)27(23,24)18-5-2-1-3-6-18/h1-12,15,22H,13-14H2. The molecule has 0 aromatic heterocycles. The SMILES string of the molecule is O=S(=O)(NCCc1ccc(Cl)cc1)c1cccc(S(=O)(=O)c2ccccc2)c1. The Morgan fingerprint density at radius 2 is 1.32 bits per heavy atom. The Labute approximate surface area is 170 Å². The molecule has 0 aliphatic heterocycles. The average Bonchev–Trinajstić information content (AvgIpc) is 2.70. The molecule has 0 bridgehead atoms. The van der Waals surface area contributed by atoms with Gasteiger partial charge in [0.15, 0.2) is 0 Å². The molecule has 0 spiro atoms. The van der Waals surface area contributed by atoms with E-state index in [1.165, 1.54) is 36.4 Å². The van der Waals surface area contributed by atoms with Crippen LogP contribution in [0.1, 0.15) is 5.56 Å². The van der Waals surface area contributed by atoms with Crippen molar-refractivity contribution < 1.29 is 16.8 Å². The molecule has 28 heavy (non-hydrogen) atoms. The summed E-state index contributed by atoms with van der Waals surface area (Å²) in [5.74, 6) is 0. The number of sulfone groups is 1. The first-order chi connectivity index (χ1) is 13.3. The summed E-state index contributed by atoms with van der Waals surface area (Å²) in [7, 11) is -7.64. The van der Waals surface area contributed by atoms with Gasteiger partial charge in [0, 0.05) is 11.6 Å². The Morgan fingerprint density at radius 3 is 2.00 bits per heavy atom. The maximum Gasteiger partial charge on any atom is 0.240 e. The first-order valence-electron chi connectivity index (χ1n) is 8.43. The van der Waals surface area contributed by atoms with E-state index in [-0.39, 0.29) is 21.2 Å². The molecule has 3 rings (SSSR count). The zero-order valence-electron chi connectivity index (χ0n) is 14.7. The molecule has 0 aliphatic carbocycles. The molecule has 0 heterocycles. The normalized spacial score (nSPS) is 12.0. The number of rotatable bonds is 7. The lowest BCUT2D eigenvalue weighted by Crippen LogP contribution is -2.26. The van der Waals surface area contributed by atoms with E-state index in [4.69, 9.17) is 11.6 Å². The second-order valence-corrected chi connectivity index (χ2v) is 10.2. The number of hydrogen-bond acceptors (Lipinski definition) is 4. The lowest BCUT2D eigenvalue weighted by Gasteiger charge is -2.09. The van der Waals surface area contributed by atoms with Gasteiger partial charge in [0.05, 0.1) is 14.7 Å². The van der Waals surface area contributed by atoms with E-state index in [9.17, 15) is 16.8 Å². The van der Waals surface area contributed by atoms with Crippen molar-refractivity contribution in [3.8, 4) is 0 Å². The molecule has 0 saturated heterocycles. The van der Waals surface area contributed by atoms with Gasteiger partial charge in [-0.15, -0.1) is 0 Å². The van der Waals surface area contributed by atoms with Gasteiger partial charge < -0.3 is 0 Å². The van der Waals surface area contributed by atoms with Gasteiger partial charge in [-0.25, -0.2) is 21.6 Å². The zero-order chi connectivity index (χ0) is 20.2. The summed E-state index contributed by atoms with van der Waals surface area (Å²) < 4.78 is 53.1. The fraction of sp³-hybridized carbons (Fsp3) is 0.100. The summed E-state index contributed by atoms with van der Waals surface area (Å²) in [4.78, 5) is -0.0554. The third-order valence-corrected chi connectivity index (χ3v) is 7.58. The third-order valence-electron chi connectivity index (χ3n) is 4.10. The Kier molecular flexibility index (Phi) is 6.20. The van der Waals surface area contributed by atoms with E-state index < -0.39 is 19.9 Å². The molecule has 0 radical (unpaired) electrons. The topological polar surface area (TPSA) is 80.3 Å². The van der Waals surface area contributed by atoms with E-state index in [1.54, 1.807) is 30.3 Å². The molecule has 0 amide bonds. The molecule has 0 fully saturated rings. The van der Waals surface area contributed by atoms with Crippen LogP contribution in [0.2, 0.25) is 5.02 Å². The van der Waals surface area contributed by atoms with Crippen LogP contribution < -0.4 is 4.72 Å². The summed E-state index contributed by atoms with van der Waals surface area (Å²) in [5, 5.41) is 0.612. The molecular weight excluding hydrogens is 418 g/mol. The summed E-state index contributed by atoms with van der Waals surface area (Å²) in [6, 6.07) is 20.4. The van der Waals surface area contributed by atoms with E-state index in [0.717, 1.165) is 5.56 Å². The Hall–Kier alpha value is -2.19. The smallest absolute Gasteiger partial charge is 0.219 e. The number of halogens is 1. The molecule has 8 heteroatoms. The predicted molar refractivity (Wildman–Crippen MR) is 109 cm³/mol. The second-order valence-electron chi connectivity index (χ2n) is 6.07. The van der Waals surface area contributed by atoms with Crippen LogP contribution in [0.5, 0.6) is 0 Å². The van der Waals surface area contributed by atoms with Gasteiger partial charge >= 0.3 is 0 Å². The van der Waals surface area contributed by atoms with Crippen molar-refractivity contribution in [1.82, 2.24) is 4.72 Å². The highest BCUT2D eigenvalue weighted by Gasteiger charge is 2.21. The Bertz CT molecular complexity index is 1160. The molecule has 0 saturated carbocycles. The minimum Gasteiger partial charge on any atom is -0.219 e. The van der Waals surface area contributed by atoms with Crippen molar-refractivity contribution in [2.75, 3.05) is 6.54 Å². The summed E-state index contributed by atoms with van der Waals surface area (Å²) in [5.41, 5.74) is 0.938. The molecule has 3 aromatic rings. The lowest BCUT2D eigenvalue weighted by molar-refractivity contribution is 0.581. The van der Waals surface area contributed by atoms with E-state index in [2.05, 4.69) is 4.72 Å². The first-order valence-corrected chi connectivity index (χ1v) is 11.8. The Morgan fingerprint density at radius 1 is 0.714 bits per heavy atom. The third kappa shape index (κ3) is 4.80. The second kappa shape index (κ2) is 8.45. The highest BCUT2D eigenvalue weighted by molar-refractivity contribution is 7.91. The van der Waals surface area contributed by atoms with E-state index in [1.807, 2.05) is 12.1 Å².